The summed E-state index contributed by atoms with van der Waals surface area (Å²) in [5.74, 6) is -0.828. The molecule has 0 bridgehead atoms. The van der Waals surface area contributed by atoms with Crippen LogP contribution in [0, 0.1) is 0 Å². The molecule has 1 aliphatic heterocycles. The molecular formula is C24H22F3N3O2. The zero-order chi connectivity index (χ0) is 22.7. The molecule has 4 rings (SSSR count). The third-order valence-corrected chi connectivity index (χ3v) is 5.56. The van der Waals surface area contributed by atoms with E-state index in [2.05, 4.69) is 0 Å². The molecule has 32 heavy (non-hydrogen) atoms. The van der Waals surface area contributed by atoms with Gasteiger partial charge in [-0.15, -0.1) is 0 Å². The first kappa shape index (κ1) is 21.7. The van der Waals surface area contributed by atoms with Crippen molar-refractivity contribution in [2.75, 3.05) is 26.2 Å². The van der Waals surface area contributed by atoms with Crippen LogP contribution in [-0.4, -0.2) is 52.4 Å². The first-order valence-corrected chi connectivity index (χ1v) is 10.3. The van der Waals surface area contributed by atoms with Crippen molar-refractivity contribution in [1.29, 1.82) is 0 Å². The molecule has 1 fully saturated rings. The second-order valence-corrected chi connectivity index (χ2v) is 7.63. The van der Waals surface area contributed by atoms with Gasteiger partial charge in [-0.25, -0.2) is 0 Å². The molecule has 5 nitrogen and oxygen atoms in total. The van der Waals surface area contributed by atoms with Gasteiger partial charge in [0, 0.05) is 38.9 Å². The van der Waals surface area contributed by atoms with Crippen LogP contribution in [-0.2, 0) is 12.7 Å². The average molecular weight is 441 g/mol. The van der Waals surface area contributed by atoms with E-state index >= 15 is 0 Å². The summed E-state index contributed by atoms with van der Waals surface area (Å²) >= 11 is 0. The summed E-state index contributed by atoms with van der Waals surface area (Å²) in [6.07, 6.45) is -2.76. The van der Waals surface area contributed by atoms with Crippen LogP contribution < -0.4 is 0 Å². The van der Waals surface area contributed by atoms with Crippen molar-refractivity contribution in [3.8, 4) is 0 Å². The number of hydrogen-bond acceptors (Lipinski definition) is 2. The number of rotatable bonds is 4. The summed E-state index contributed by atoms with van der Waals surface area (Å²) in [6, 6.07) is 18.1. The Kier molecular flexibility index (Phi) is 6.03. The number of piperazine rings is 1. The van der Waals surface area contributed by atoms with Crippen molar-refractivity contribution in [3.63, 3.8) is 0 Å². The van der Waals surface area contributed by atoms with Crippen LogP contribution in [0.15, 0.2) is 72.9 Å². The Morgan fingerprint density at radius 3 is 2.00 bits per heavy atom. The molecule has 3 aromatic rings. The summed E-state index contributed by atoms with van der Waals surface area (Å²) in [6.45, 7) is 1.43. The molecule has 2 amide bonds. The maximum Gasteiger partial charge on any atom is 0.417 e. The highest BCUT2D eigenvalue weighted by atomic mass is 19.4. The highest BCUT2D eigenvalue weighted by Gasteiger charge is 2.36. The van der Waals surface area contributed by atoms with Gasteiger partial charge in [0.2, 0.25) is 0 Å². The predicted octanol–water partition coefficient (Wildman–Crippen LogP) is 4.15. The first-order valence-electron chi connectivity index (χ1n) is 10.3. The Balaban J connectivity index is 1.42. The Labute approximate surface area is 183 Å². The lowest BCUT2D eigenvalue weighted by Crippen LogP contribution is -2.51. The second-order valence-electron chi connectivity index (χ2n) is 7.63. The van der Waals surface area contributed by atoms with E-state index in [-0.39, 0.29) is 37.6 Å². The minimum atomic E-state index is -4.60. The van der Waals surface area contributed by atoms with Crippen LogP contribution in [0.25, 0.3) is 0 Å². The number of hydrogen-bond donors (Lipinski definition) is 0. The lowest BCUT2D eigenvalue weighted by molar-refractivity contribution is -0.138. The fourth-order valence-corrected chi connectivity index (χ4v) is 3.89. The average Bonchev–Trinajstić information content (AvgIpc) is 3.26. The van der Waals surface area contributed by atoms with Crippen LogP contribution in [0.4, 0.5) is 13.2 Å². The minimum absolute atomic E-state index is 0.159. The molecular weight excluding hydrogens is 419 g/mol. The van der Waals surface area contributed by atoms with Gasteiger partial charge >= 0.3 is 6.18 Å². The fourth-order valence-electron chi connectivity index (χ4n) is 3.89. The van der Waals surface area contributed by atoms with E-state index in [1.165, 1.54) is 23.1 Å². The van der Waals surface area contributed by atoms with Gasteiger partial charge in [-0.2, -0.15) is 13.2 Å². The van der Waals surface area contributed by atoms with Gasteiger partial charge in [0.15, 0.2) is 0 Å². The Hall–Kier alpha value is -3.55. The standard InChI is InChI=1S/C24H22F3N3O2/c25-24(26,27)20-10-5-4-9-19(20)22(31)28-13-15-29(16-14-28)23(32)21-11-6-12-30(21)17-18-7-2-1-3-8-18/h1-12H,13-17H2. The number of nitrogens with zero attached hydrogens (tertiary/aromatic N) is 3. The number of aromatic nitrogens is 1. The summed E-state index contributed by atoms with van der Waals surface area (Å²) in [7, 11) is 0. The lowest BCUT2D eigenvalue weighted by atomic mass is 10.1. The van der Waals surface area contributed by atoms with Crippen molar-refractivity contribution in [1.82, 2.24) is 14.4 Å². The van der Waals surface area contributed by atoms with Gasteiger partial charge < -0.3 is 14.4 Å². The molecule has 0 atom stereocenters. The quantitative estimate of drug-likeness (QED) is 0.611. The molecule has 166 valence electrons. The molecule has 2 aromatic carbocycles. The zero-order valence-corrected chi connectivity index (χ0v) is 17.3. The van der Waals surface area contributed by atoms with Crippen LogP contribution in [0.5, 0.6) is 0 Å². The molecule has 1 aliphatic rings. The van der Waals surface area contributed by atoms with E-state index in [1.54, 1.807) is 11.0 Å². The van der Waals surface area contributed by atoms with Crippen molar-refractivity contribution in [2.45, 2.75) is 12.7 Å². The van der Waals surface area contributed by atoms with E-state index in [0.29, 0.717) is 12.2 Å². The van der Waals surface area contributed by atoms with Gasteiger partial charge in [-0.3, -0.25) is 9.59 Å². The van der Waals surface area contributed by atoms with E-state index in [4.69, 9.17) is 0 Å². The molecule has 0 N–H and O–H groups in total. The third kappa shape index (κ3) is 4.54. The molecule has 0 spiro atoms. The molecule has 1 saturated heterocycles. The predicted molar refractivity (Wildman–Crippen MR) is 113 cm³/mol. The summed E-state index contributed by atoms with van der Waals surface area (Å²) in [5.41, 5.74) is 0.298. The topological polar surface area (TPSA) is 45.6 Å². The van der Waals surface area contributed by atoms with Gasteiger partial charge in [-0.05, 0) is 29.8 Å². The Morgan fingerprint density at radius 2 is 1.34 bits per heavy atom. The van der Waals surface area contributed by atoms with Gasteiger partial charge in [0.1, 0.15) is 5.69 Å². The maximum absolute atomic E-state index is 13.3. The van der Waals surface area contributed by atoms with Gasteiger partial charge in [0.25, 0.3) is 11.8 Å². The molecule has 1 aromatic heterocycles. The zero-order valence-electron chi connectivity index (χ0n) is 17.3. The lowest BCUT2D eigenvalue weighted by Gasteiger charge is -2.35. The first-order chi connectivity index (χ1) is 15.3. The normalized spacial score (nSPS) is 14.5. The minimum Gasteiger partial charge on any atom is -0.339 e. The number of benzene rings is 2. The van der Waals surface area contributed by atoms with E-state index in [0.717, 1.165) is 11.6 Å². The van der Waals surface area contributed by atoms with Crippen molar-refractivity contribution in [2.24, 2.45) is 0 Å². The monoisotopic (exact) mass is 441 g/mol. The van der Waals surface area contributed by atoms with Crippen molar-refractivity contribution >= 4 is 11.8 Å². The fraction of sp³-hybridized carbons (Fsp3) is 0.250. The molecule has 0 unspecified atom stereocenters. The summed E-state index contributed by atoms with van der Waals surface area (Å²) in [4.78, 5) is 28.8. The van der Waals surface area contributed by atoms with E-state index in [9.17, 15) is 22.8 Å². The molecule has 0 saturated carbocycles. The highest BCUT2D eigenvalue weighted by Crippen LogP contribution is 2.32. The van der Waals surface area contributed by atoms with Crippen LogP contribution in [0.1, 0.15) is 32.0 Å². The number of alkyl halides is 3. The largest absolute Gasteiger partial charge is 0.417 e. The van der Waals surface area contributed by atoms with Crippen molar-refractivity contribution < 1.29 is 22.8 Å². The SMILES string of the molecule is O=C(c1ccccc1C(F)(F)F)N1CCN(C(=O)c2cccn2Cc2ccccc2)CC1. The maximum atomic E-state index is 13.3. The van der Waals surface area contributed by atoms with Crippen LogP contribution in [0.3, 0.4) is 0 Å². The Morgan fingerprint density at radius 1 is 0.750 bits per heavy atom. The summed E-state index contributed by atoms with van der Waals surface area (Å²) in [5, 5.41) is 0. The number of amides is 2. The molecule has 2 heterocycles. The number of halogens is 3. The van der Waals surface area contributed by atoms with E-state index < -0.39 is 17.6 Å². The highest BCUT2D eigenvalue weighted by molar-refractivity contribution is 5.96. The van der Waals surface area contributed by atoms with E-state index in [1.807, 2.05) is 47.2 Å². The molecule has 8 heteroatoms. The third-order valence-electron chi connectivity index (χ3n) is 5.56. The second kappa shape index (κ2) is 8.90. The van der Waals surface area contributed by atoms with Crippen LogP contribution in [0.2, 0.25) is 0 Å². The smallest absolute Gasteiger partial charge is 0.339 e. The number of carbonyl (C=O) groups is 2. The summed E-state index contributed by atoms with van der Waals surface area (Å²) < 4.78 is 41.7. The Bertz CT molecular complexity index is 1100. The van der Waals surface area contributed by atoms with Crippen molar-refractivity contribution in [3.05, 3.63) is 95.3 Å². The molecule has 0 radical (unpaired) electrons. The number of carbonyl (C=O) groups excluding carboxylic acids is 2. The van der Waals surface area contributed by atoms with Crippen LogP contribution >= 0.6 is 0 Å². The molecule has 0 aliphatic carbocycles. The van der Waals surface area contributed by atoms with Gasteiger partial charge in [-0.1, -0.05) is 42.5 Å². The van der Waals surface area contributed by atoms with Gasteiger partial charge in [0.05, 0.1) is 11.1 Å².